The van der Waals surface area contributed by atoms with Gasteiger partial charge in [0.05, 0.1) is 11.1 Å². The van der Waals surface area contributed by atoms with E-state index in [0.717, 1.165) is 30.4 Å². The second-order valence-electron chi connectivity index (χ2n) is 10.3. The Morgan fingerprint density at radius 1 is 1.06 bits per heavy atom. The van der Waals surface area contributed by atoms with Crippen LogP contribution in [0.4, 0.5) is 11.5 Å². The Balaban J connectivity index is 1.77. The SMILES string of the molecule is CC1(C)CN(c2nc3ccccc3cc2C(=O)Nc2ccnc(S(N)(=O)=O)c2)CC(C)(C)C1. The van der Waals surface area contributed by atoms with Crippen molar-refractivity contribution >= 4 is 38.3 Å². The number of carbonyl (C=O) groups excluding carboxylic acids is 1. The highest BCUT2D eigenvalue weighted by atomic mass is 32.2. The maximum Gasteiger partial charge on any atom is 0.259 e. The molecule has 1 saturated heterocycles. The van der Waals surface area contributed by atoms with Crippen molar-refractivity contribution in [1.29, 1.82) is 0 Å². The summed E-state index contributed by atoms with van der Waals surface area (Å²) < 4.78 is 23.3. The zero-order chi connectivity index (χ0) is 24.0. The van der Waals surface area contributed by atoms with Gasteiger partial charge in [0, 0.05) is 36.4 Å². The molecular formula is C24H29N5O3S. The number of nitrogens with two attached hydrogens (primary N) is 1. The monoisotopic (exact) mass is 467 g/mol. The van der Waals surface area contributed by atoms with Crippen molar-refractivity contribution in [3.8, 4) is 0 Å². The molecule has 0 spiro atoms. The number of hydrogen-bond acceptors (Lipinski definition) is 6. The number of piperidine rings is 1. The highest BCUT2D eigenvalue weighted by Crippen LogP contribution is 2.42. The molecule has 0 bridgehead atoms. The fraction of sp³-hybridized carbons (Fsp3) is 0.375. The van der Waals surface area contributed by atoms with Crippen LogP contribution in [-0.4, -0.2) is 37.4 Å². The van der Waals surface area contributed by atoms with Crippen molar-refractivity contribution < 1.29 is 13.2 Å². The highest BCUT2D eigenvalue weighted by molar-refractivity contribution is 7.89. The summed E-state index contributed by atoms with van der Waals surface area (Å²) >= 11 is 0. The summed E-state index contributed by atoms with van der Waals surface area (Å²) in [6, 6.07) is 12.3. The van der Waals surface area contributed by atoms with Crippen molar-refractivity contribution in [3.63, 3.8) is 0 Å². The summed E-state index contributed by atoms with van der Waals surface area (Å²) in [5.41, 5.74) is 1.63. The minimum Gasteiger partial charge on any atom is -0.355 e. The lowest BCUT2D eigenvalue weighted by Crippen LogP contribution is -2.49. The molecule has 1 aromatic carbocycles. The molecular weight excluding hydrogens is 438 g/mol. The van der Waals surface area contributed by atoms with Crippen LogP contribution in [0.2, 0.25) is 0 Å². The lowest BCUT2D eigenvalue weighted by molar-refractivity contribution is 0.102. The number of hydrogen-bond donors (Lipinski definition) is 2. The second kappa shape index (κ2) is 8.07. The lowest BCUT2D eigenvalue weighted by Gasteiger charge is -2.47. The average molecular weight is 468 g/mol. The fourth-order valence-electron chi connectivity index (χ4n) is 5.00. The lowest BCUT2D eigenvalue weighted by atomic mass is 9.71. The van der Waals surface area contributed by atoms with Gasteiger partial charge in [-0.3, -0.25) is 4.79 Å². The van der Waals surface area contributed by atoms with Gasteiger partial charge in [-0.15, -0.1) is 0 Å². The summed E-state index contributed by atoms with van der Waals surface area (Å²) in [6.45, 7) is 10.5. The van der Waals surface area contributed by atoms with Gasteiger partial charge in [-0.1, -0.05) is 45.9 Å². The third-order valence-electron chi connectivity index (χ3n) is 5.73. The Hall–Kier alpha value is -3.04. The Kier molecular flexibility index (Phi) is 5.66. The number of pyridine rings is 2. The van der Waals surface area contributed by atoms with Crippen LogP contribution >= 0.6 is 0 Å². The number of fused-ring (bicyclic) bond motifs is 1. The molecule has 0 unspecified atom stereocenters. The van der Waals surface area contributed by atoms with Crippen molar-refractivity contribution in [2.75, 3.05) is 23.3 Å². The average Bonchev–Trinajstić information content (AvgIpc) is 2.70. The van der Waals surface area contributed by atoms with E-state index in [-0.39, 0.29) is 27.5 Å². The summed E-state index contributed by atoms with van der Waals surface area (Å²) in [6.07, 6.45) is 2.36. The molecule has 0 radical (unpaired) electrons. The van der Waals surface area contributed by atoms with E-state index in [4.69, 9.17) is 10.1 Å². The van der Waals surface area contributed by atoms with Crippen LogP contribution < -0.4 is 15.4 Å². The van der Waals surface area contributed by atoms with Gasteiger partial charge >= 0.3 is 0 Å². The zero-order valence-corrected chi connectivity index (χ0v) is 20.1. The van der Waals surface area contributed by atoms with Gasteiger partial charge < -0.3 is 10.2 Å². The summed E-state index contributed by atoms with van der Waals surface area (Å²) in [7, 11) is -3.99. The normalized spacial score (nSPS) is 17.7. The van der Waals surface area contributed by atoms with Crippen molar-refractivity contribution in [2.24, 2.45) is 16.0 Å². The van der Waals surface area contributed by atoms with Crippen LogP contribution in [0.3, 0.4) is 0 Å². The molecule has 0 atom stereocenters. The molecule has 9 heteroatoms. The third kappa shape index (κ3) is 5.15. The highest BCUT2D eigenvalue weighted by Gasteiger charge is 2.39. The van der Waals surface area contributed by atoms with Crippen molar-refractivity contribution in [3.05, 3.63) is 54.2 Å². The van der Waals surface area contributed by atoms with Gasteiger partial charge in [-0.25, -0.2) is 23.5 Å². The molecule has 3 heterocycles. The number of carbonyl (C=O) groups is 1. The first-order valence-corrected chi connectivity index (χ1v) is 12.3. The number of nitrogens with zero attached hydrogens (tertiary/aromatic N) is 3. The number of para-hydroxylation sites is 1. The summed E-state index contributed by atoms with van der Waals surface area (Å²) in [5, 5.41) is 8.51. The molecule has 0 aliphatic carbocycles. The molecule has 3 N–H and O–H groups in total. The van der Waals surface area contributed by atoms with Crippen molar-refractivity contribution in [2.45, 2.75) is 39.1 Å². The van der Waals surface area contributed by atoms with E-state index < -0.39 is 10.0 Å². The summed E-state index contributed by atoms with van der Waals surface area (Å²) in [5.74, 6) is 0.240. The number of amides is 1. The zero-order valence-electron chi connectivity index (χ0n) is 19.3. The van der Waals surface area contributed by atoms with Gasteiger partial charge in [0.1, 0.15) is 5.82 Å². The van der Waals surface area contributed by atoms with Gasteiger partial charge in [-0.2, -0.15) is 0 Å². The molecule has 1 aliphatic rings. The van der Waals surface area contributed by atoms with E-state index in [1.165, 1.54) is 18.3 Å². The number of sulfonamides is 1. The van der Waals surface area contributed by atoms with E-state index in [9.17, 15) is 13.2 Å². The van der Waals surface area contributed by atoms with Crippen LogP contribution in [0.5, 0.6) is 0 Å². The predicted molar refractivity (Wildman–Crippen MR) is 130 cm³/mol. The number of aromatic nitrogens is 2. The molecule has 8 nitrogen and oxygen atoms in total. The molecule has 174 valence electrons. The Morgan fingerprint density at radius 3 is 2.39 bits per heavy atom. The smallest absolute Gasteiger partial charge is 0.259 e. The van der Waals surface area contributed by atoms with Gasteiger partial charge in [-0.05, 0) is 35.4 Å². The largest absolute Gasteiger partial charge is 0.355 e. The molecule has 1 amide bonds. The molecule has 1 aliphatic heterocycles. The Labute approximate surface area is 194 Å². The van der Waals surface area contributed by atoms with E-state index in [1.54, 1.807) is 0 Å². The van der Waals surface area contributed by atoms with Crippen LogP contribution in [0, 0.1) is 10.8 Å². The maximum atomic E-state index is 13.4. The number of primary sulfonamides is 1. The predicted octanol–water partition coefficient (Wildman–Crippen LogP) is 3.79. The summed E-state index contributed by atoms with van der Waals surface area (Å²) in [4.78, 5) is 24.3. The van der Waals surface area contributed by atoms with Crippen LogP contribution in [0.1, 0.15) is 44.5 Å². The molecule has 0 saturated carbocycles. The first-order chi connectivity index (χ1) is 15.3. The fourth-order valence-corrected chi connectivity index (χ4v) is 5.50. The van der Waals surface area contributed by atoms with E-state index in [2.05, 4.69) is 42.9 Å². The molecule has 1 fully saturated rings. The molecule has 3 aromatic rings. The molecule has 33 heavy (non-hydrogen) atoms. The minimum absolute atomic E-state index is 0.0539. The van der Waals surface area contributed by atoms with Crippen LogP contribution in [0.15, 0.2) is 53.7 Å². The van der Waals surface area contributed by atoms with Crippen molar-refractivity contribution in [1.82, 2.24) is 9.97 Å². The Bertz CT molecular complexity index is 1320. The number of rotatable bonds is 4. The Morgan fingerprint density at radius 2 is 1.73 bits per heavy atom. The van der Waals surface area contributed by atoms with Gasteiger partial charge in [0.2, 0.25) is 0 Å². The topological polar surface area (TPSA) is 118 Å². The first-order valence-electron chi connectivity index (χ1n) is 10.8. The maximum absolute atomic E-state index is 13.4. The number of anilines is 2. The number of benzene rings is 1. The van der Waals surface area contributed by atoms with Crippen LogP contribution in [0.25, 0.3) is 10.9 Å². The minimum atomic E-state index is -3.99. The standard InChI is InChI=1S/C24H29N5O3S/c1-23(2)13-24(3,4)15-29(14-23)21-18(11-16-7-5-6-8-19(16)28-21)22(30)27-17-9-10-26-20(12-17)33(25,31)32/h5-12H,13-15H2,1-4H3,(H2,25,31,32)(H,26,27,30). The molecule has 4 rings (SSSR count). The van der Waals surface area contributed by atoms with E-state index in [0.29, 0.717) is 11.4 Å². The quantitative estimate of drug-likeness (QED) is 0.603. The van der Waals surface area contributed by atoms with E-state index in [1.807, 2.05) is 30.3 Å². The van der Waals surface area contributed by atoms with E-state index >= 15 is 0 Å². The number of nitrogens with one attached hydrogen (secondary N) is 1. The van der Waals surface area contributed by atoms with Gasteiger partial charge in [0.25, 0.3) is 15.9 Å². The van der Waals surface area contributed by atoms with Crippen LogP contribution in [-0.2, 0) is 10.0 Å². The molecule has 2 aromatic heterocycles. The first kappa shape index (κ1) is 23.1. The second-order valence-corrected chi connectivity index (χ2v) is 11.8. The third-order valence-corrected chi connectivity index (χ3v) is 6.53. The van der Waals surface area contributed by atoms with Gasteiger partial charge in [0.15, 0.2) is 5.03 Å².